The molecule has 1 aromatic carbocycles. The molecule has 0 aliphatic rings. The van der Waals surface area contributed by atoms with Crippen LogP contribution in [0.2, 0.25) is 0 Å². The molecule has 0 atom stereocenters. The molecule has 1 heterocycles. The lowest BCUT2D eigenvalue weighted by Crippen LogP contribution is -1.78. The molecule has 0 saturated carbocycles. The summed E-state index contributed by atoms with van der Waals surface area (Å²) in [6, 6.07) is 9.63. The van der Waals surface area contributed by atoms with Crippen LogP contribution < -0.4 is 0 Å². The number of benzene rings is 1. The third kappa shape index (κ3) is 1.49. The second-order valence-corrected chi connectivity index (χ2v) is 3.35. The normalized spacial score (nSPS) is 9.77. The number of hydrogen-bond acceptors (Lipinski definition) is 3. The van der Waals surface area contributed by atoms with Gasteiger partial charge in [-0.05, 0) is 30.0 Å². The Morgan fingerprint density at radius 1 is 1.23 bits per heavy atom. The van der Waals surface area contributed by atoms with Gasteiger partial charge in [-0.3, -0.25) is 4.98 Å². The molecule has 0 radical (unpaired) electrons. The molecule has 0 fully saturated rings. The van der Waals surface area contributed by atoms with Crippen molar-refractivity contribution in [2.24, 2.45) is 0 Å². The maximum Gasteiger partial charge on any atom is 0.138 e. The maximum absolute atomic E-state index is 8.57. The Bertz CT molecular complexity index is 468. The fourth-order valence-electron chi connectivity index (χ4n) is 1.21. The van der Waals surface area contributed by atoms with E-state index in [9.17, 15) is 0 Å². The number of pyridine rings is 1. The summed E-state index contributed by atoms with van der Waals surface area (Å²) in [5.74, 6) is 0. The first-order chi connectivity index (χ1) is 6.42. The highest BCUT2D eigenvalue weighted by Crippen LogP contribution is 2.25. The highest BCUT2D eigenvalue weighted by atomic mass is 32.2. The van der Waals surface area contributed by atoms with Gasteiger partial charge in [0.2, 0.25) is 0 Å². The van der Waals surface area contributed by atoms with Crippen molar-refractivity contribution in [3.05, 3.63) is 36.5 Å². The zero-order chi connectivity index (χ0) is 9.10. The van der Waals surface area contributed by atoms with E-state index in [1.54, 1.807) is 6.20 Å². The van der Waals surface area contributed by atoms with Gasteiger partial charge < -0.3 is 0 Å². The monoisotopic (exact) mass is 186 g/mol. The molecule has 0 amide bonds. The number of nitrogens with zero attached hydrogens (tertiary/aromatic N) is 2. The molecule has 0 N–H and O–H groups in total. The van der Waals surface area contributed by atoms with Crippen molar-refractivity contribution >= 4 is 22.7 Å². The lowest BCUT2D eigenvalue weighted by molar-refractivity contribution is 1.39. The average Bonchev–Trinajstić information content (AvgIpc) is 2.19. The zero-order valence-corrected chi connectivity index (χ0v) is 7.58. The first kappa shape index (κ1) is 8.09. The summed E-state index contributed by atoms with van der Waals surface area (Å²) in [5.41, 5.74) is 0.933. The van der Waals surface area contributed by atoms with Gasteiger partial charge in [-0.25, -0.2) is 0 Å². The second-order valence-electron chi connectivity index (χ2n) is 2.52. The third-order valence-electron chi connectivity index (χ3n) is 1.76. The molecule has 0 spiro atoms. The Balaban J connectivity index is 2.70. The Morgan fingerprint density at radius 3 is 3.00 bits per heavy atom. The van der Waals surface area contributed by atoms with Crippen LogP contribution in [0.1, 0.15) is 0 Å². The molecule has 2 rings (SSSR count). The summed E-state index contributed by atoms with van der Waals surface area (Å²) in [5, 5.41) is 11.7. The number of thioether (sulfide) groups is 1. The molecule has 2 nitrogen and oxygen atoms in total. The lowest BCUT2D eigenvalue weighted by atomic mass is 10.2. The minimum absolute atomic E-state index is 0.933. The number of fused-ring (bicyclic) bond motifs is 1. The quantitative estimate of drug-likeness (QED) is 0.507. The predicted molar refractivity (Wildman–Crippen MR) is 53.2 cm³/mol. The van der Waals surface area contributed by atoms with E-state index in [-0.39, 0.29) is 0 Å². The molecule has 2 aromatic rings. The van der Waals surface area contributed by atoms with Crippen LogP contribution >= 0.6 is 11.8 Å². The van der Waals surface area contributed by atoms with Crippen molar-refractivity contribution in [2.75, 3.05) is 0 Å². The minimum atomic E-state index is 0.933. The van der Waals surface area contributed by atoms with E-state index in [2.05, 4.69) is 10.4 Å². The molecule has 62 valence electrons. The fraction of sp³-hybridized carbons (Fsp3) is 0. The Hall–Kier alpha value is -1.53. The van der Waals surface area contributed by atoms with Gasteiger partial charge in [-0.1, -0.05) is 12.1 Å². The van der Waals surface area contributed by atoms with Crippen molar-refractivity contribution in [1.29, 1.82) is 5.26 Å². The third-order valence-corrected chi connectivity index (χ3v) is 2.43. The second kappa shape index (κ2) is 3.46. The first-order valence-electron chi connectivity index (χ1n) is 3.81. The van der Waals surface area contributed by atoms with E-state index < -0.39 is 0 Å². The van der Waals surface area contributed by atoms with E-state index in [1.807, 2.05) is 30.3 Å². The predicted octanol–water partition coefficient (Wildman–Crippen LogP) is 2.81. The van der Waals surface area contributed by atoms with Crippen LogP contribution in [0, 0.1) is 10.7 Å². The van der Waals surface area contributed by atoms with Gasteiger partial charge in [0.25, 0.3) is 0 Å². The smallest absolute Gasteiger partial charge is 0.138 e. The van der Waals surface area contributed by atoms with Crippen LogP contribution in [0.3, 0.4) is 0 Å². The Morgan fingerprint density at radius 2 is 2.15 bits per heavy atom. The summed E-state index contributed by atoms with van der Waals surface area (Å²) in [6.07, 6.45) is 1.75. The maximum atomic E-state index is 8.57. The largest absolute Gasteiger partial charge is 0.256 e. The number of aromatic nitrogens is 1. The van der Waals surface area contributed by atoms with Gasteiger partial charge in [0, 0.05) is 16.5 Å². The van der Waals surface area contributed by atoms with E-state index >= 15 is 0 Å². The van der Waals surface area contributed by atoms with Gasteiger partial charge in [-0.2, -0.15) is 5.26 Å². The van der Waals surface area contributed by atoms with Gasteiger partial charge in [0.05, 0.1) is 5.52 Å². The van der Waals surface area contributed by atoms with E-state index in [4.69, 9.17) is 5.26 Å². The highest BCUT2D eigenvalue weighted by Gasteiger charge is 1.99. The molecule has 0 aliphatic heterocycles. The van der Waals surface area contributed by atoms with Crippen molar-refractivity contribution in [3.63, 3.8) is 0 Å². The Labute approximate surface area is 80.2 Å². The van der Waals surface area contributed by atoms with Crippen molar-refractivity contribution in [3.8, 4) is 5.40 Å². The number of rotatable bonds is 1. The van der Waals surface area contributed by atoms with Crippen molar-refractivity contribution in [1.82, 2.24) is 4.98 Å². The van der Waals surface area contributed by atoms with Crippen LogP contribution in [0.25, 0.3) is 10.9 Å². The fourth-order valence-corrected chi connectivity index (χ4v) is 1.74. The van der Waals surface area contributed by atoms with Gasteiger partial charge in [0.15, 0.2) is 0 Å². The molecule has 0 saturated heterocycles. The molecular formula is C10H6N2S. The van der Waals surface area contributed by atoms with Crippen molar-refractivity contribution < 1.29 is 0 Å². The van der Waals surface area contributed by atoms with Gasteiger partial charge in [0.1, 0.15) is 5.40 Å². The lowest BCUT2D eigenvalue weighted by Gasteiger charge is -1.99. The zero-order valence-electron chi connectivity index (χ0n) is 6.77. The first-order valence-corrected chi connectivity index (χ1v) is 4.63. The molecule has 0 aliphatic carbocycles. The number of nitriles is 1. The molecule has 1 aromatic heterocycles. The summed E-state index contributed by atoms with van der Waals surface area (Å²) in [6.45, 7) is 0. The summed E-state index contributed by atoms with van der Waals surface area (Å²) in [4.78, 5) is 5.17. The van der Waals surface area contributed by atoms with Crippen LogP contribution in [0.5, 0.6) is 0 Å². The van der Waals surface area contributed by atoms with E-state index in [0.29, 0.717) is 0 Å². The topological polar surface area (TPSA) is 36.7 Å². The summed E-state index contributed by atoms with van der Waals surface area (Å²) < 4.78 is 0. The van der Waals surface area contributed by atoms with Crippen LogP contribution in [-0.4, -0.2) is 4.98 Å². The average molecular weight is 186 g/mol. The molecule has 0 unspecified atom stereocenters. The molecular weight excluding hydrogens is 180 g/mol. The minimum Gasteiger partial charge on any atom is -0.256 e. The number of hydrogen-bond donors (Lipinski definition) is 0. The van der Waals surface area contributed by atoms with Crippen LogP contribution in [0.15, 0.2) is 41.4 Å². The molecule has 0 bridgehead atoms. The van der Waals surface area contributed by atoms with E-state index in [1.165, 1.54) is 11.8 Å². The number of thiocyanates is 1. The van der Waals surface area contributed by atoms with E-state index in [0.717, 1.165) is 15.8 Å². The molecule has 3 heteroatoms. The SMILES string of the molecule is N#CSc1cccc2ncccc12. The van der Waals surface area contributed by atoms with Gasteiger partial charge >= 0.3 is 0 Å². The van der Waals surface area contributed by atoms with Crippen LogP contribution in [-0.2, 0) is 0 Å². The van der Waals surface area contributed by atoms with Gasteiger partial charge in [-0.15, -0.1) is 0 Å². The highest BCUT2D eigenvalue weighted by molar-refractivity contribution is 8.04. The van der Waals surface area contributed by atoms with Crippen molar-refractivity contribution in [2.45, 2.75) is 4.90 Å². The molecule has 13 heavy (non-hydrogen) atoms. The summed E-state index contributed by atoms with van der Waals surface area (Å²) >= 11 is 1.17. The summed E-state index contributed by atoms with van der Waals surface area (Å²) in [7, 11) is 0. The standard InChI is InChI=1S/C10H6N2S/c11-7-13-10-5-1-4-9-8(10)3-2-6-12-9/h1-6H. The van der Waals surface area contributed by atoms with Crippen LogP contribution in [0.4, 0.5) is 0 Å². The Kier molecular flexibility index (Phi) is 2.15.